The van der Waals surface area contributed by atoms with Gasteiger partial charge in [-0.1, -0.05) is 0 Å². The number of nitrogens with zero attached hydrogens (tertiary/aromatic N) is 5. The zero-order chi connectivity index (χ0) is 18.3. The van der Waals surface area contributed by atoms with Crippen LogP contribution in [0.2, 0.25) is 0 Å². The molecule has 0 aromatic carbocycles. The highest BCUT2D eigenvalue weighted by molar-refractivity contribution is 7.89. The van der Waals surface area contributed by atoms with Crippen molar-refractivity contribution in [3.05, 3.63) is 53.7 Å². The van der Waals surface area contributed by atoms with Crippen molar-refractivity contribution < 1.29 is 8.42 Å². The molecule has 0 radical (unpaired) electrons. The number of sulfonamides is 1. The summed E-state index contributed by atoms with van der Waals surface area (Å²) < 4.78 is 29.0. The molecule has 26 heavy (non-hydrogen) atoms. The molecule has 1 fully saturated rings. The van der Waals surface area contributed by atoms with E-state index in [9.17, 15) is 8.42 Å². The van der Waals surface area contributed by atoms with Crippen molar-refractivity contribution in [2.24, 2.45) is 0 Å². The molecular formula is C18H21N5O2S. The van der Waals surface area contributed by atoms with Gasteiger partial charge >= 0.3 is 0 Å². The lowest BCUT2D eigenvalue weighted by Crippen LogP contribution is -2.38. The van der Waals surface area contributed by atoms with E-state index in [-0.39, 0.29) is 4.90 Å². The first kappa shape index (κ1) is 17.1. The Balaban J connectivity index is 1.53. The predicted octanol–water partition coefficient (Wildman–Crippen LogP) is 2.31. The molecule has 0 unspecified atom stereocenters. The van der Waals surface area contributed by atoms with Gasteiger partial charge < -0.3 is 0 Å². The first-order chi connectivity index (χ1) is 12.4. The number of hydrogen-bond acceptors (Lipinski definition) is 5. The van der Waals surface area contributed by atoms with E-state index in [1.807, 2.05) is 19.2 Å². The monoisotopic (exact) mass is 371 g/mol. The van der Waals surface area contributed by atoms with E-state index in [1.54, 1.807) is 27.3 Å². The molecule has 3 aromatic heterocycles. The zero-order valence-electron chi connectivity index (χ0n) is 14.8. The highest BCUT2D eigenvalue weighted by atomic mass is 32.2. The number of piperidine rings is 1. The maximum atomic E-state index is 12.8. The summed E-state index contributed by atoms with van der Waals surface area (Å²) in [6, 6.07) is 5.40. The van der Waals surface area contributed by atoms with Crippen LogP contribution in [0.15, 0.2) is 41.8 Å². The average molecular weight is 371 g/mol. The molecule has 4 heterocycles. The van der Waals surface area contributed by atoms with Crippen molar-refractivity contribution in [1.82, 2.24) is 23.9 Å². The van der Waals surface area contributed by atoms with E-state index >= 15 is 0 Å². The van der Waals surface area contributed by atoms with Gasteiger partial charge in [-0.15, -0.1) is 0 Å². The Labute approximate surface area is 152 Å². The molecule has 3 aromatic rings. The third kappa shape index (κ3) is 2.99. The third-order valence-electron chi connectivity index (χ3n) is 5.08. The van der Waals surface area contributed by atoms with Gasteiger partial charge in [-0.25, -0.2) is 17.9 Å². The van der Waals surface area contributed by atoms with Crippen LogP contribution in [0.4, 0.5) is 0 Å². The third-order valence-corrected chi connectivity index (χ3v) is 6.96. The van der Waals surface area contributed by atoms with E-state index in [0.29, 0.717) is 19.0 Å². The van der Waals surface area contributed by atoms with Crippen molar-refractivity contribution >= 4 is 15.7 Å². The summed E-state index contributed by atoms with van der Waals surface area (Å²) in [7, 11) is -3.48. The number of pyridine rings is 2. The van der Waals surface area contributed by atoms with Crippen LogP contribution in [0.1, 0.15) is 35.6 Å². The van der Waals surface area contributed by atoms with Crippen molar-refractivity contribution in [3.63, 3.8) is 0 Å². The molecular weight excluding hydrogens is 350 g/mol. The van der Waals surface area contributed by atoms with Crippen LogP contribution in [-0.2, 0) is 10.0 Å². The Morgan fingerprint density at radius 2 is 1.88 bits per heavy atom. The van der Waals surface area contributed by atoms with Crippen molar-refractivity contribution in [2.75, 3.05) is 13.1 Å². The minimum absolute atomic E-state index is 0.266. The van der Waals surface area contributed by atoms with Gasteiger partial charge in [0.15, 0.2) is 5.65 Å². The van der Waals surface area contributed by atoms with Gasteiger partial charge in [-0.05, 0) is 61.9 Å². The van der Waals surface area contributed by atoms with E-state index in [0.717, 1.165) is 24.2 Å². The van der Waals surface area contributed by atoms with E-state index in [2.05, 4.69) is 22.0 Å². The average Bonchev–Trinajstić information content (AvgIpc) is 3.08. The highest BCUT2D eigenvalue weighted by Gasteiger charge is 2.30. The molecule has 0 aliphatic carbocycles. The molecule has 0 amide bonds. The van der Waals surface area contributed by atoms with Crippen LogP contribution in [0, 0.1) is 13.8 Å². The Hall–Kier alpha value is -2.32. The highest BCUT2D eigenvalue weighted by Crippen LogP contribution is 2.32. The Morgan fingerprint density at radius 1 is 1.12 bits per heavy atom. The smallest absolute Gasteiger partial charge is 0.244 e. The minimum Gasteiger partial charge on any atom is -0.260 e. The quantitative estimate of drug-likeness (QED) is 0.706. The van der Waals surface area contributed by atoms with Crippen LogP contribution < -0.4 is 0 Å². The fraction of sp³-hybridized carbons (Fsp3) is 0.389. The normalized spacial score (nSPS) is 17.0. The predicted molar refractivity (Wildman–Crippen MR) is 97.4 cm³/mol. The standard InChI is InChI=1S/C18H21N5O2S/c1-13-9-18-20-12-21-23(18)11-17(13)15-5-7-22(8-6-15)26(24,25)16-4-3-14(2)19-10-16/h3-4,9-12,15H,5-8H2,1-2H3. The molecule has 0 bridgehead atoms. The summed E-state index contributed by atoms with van der Waals surface area (Å²) in [5, 5.41) is 4.21. The largest absolute Gasteiger partial charge is 0.260 e. The fourth-order valence-corrected chi connectivity index (χ4v) is 4.98. The van der Waals surface area contributed by atoms with Crippen LogP contribution in [0.25, 0.3) is 5.65 Å². The second-order valence-corrected chi connectivity index (χ2v) is 8.73. The van der Waals surface area contributed by atoms with Crippen LogP contribution in [0.5, 0.6) is 0 Å². The number of aromatic nitrogens is 4. The van der Waals surface area contributed by atoms with Crippen LogP contribution in [0.3, 0.4) is 0 Å². The Morgan fingerprint density at radius 3 is 2.58 bits per heavy atom. The lowest BCUT2D eigenvalue weighted by molar-refractivity contribution is 0.318. The van der Waals surface area contributed by atoms with E-state index < -0.39 is 10.0 Å². The molecule has 136 valence electrons. The van der Waals surface area contributed by atoms with Gasteiger partial charge in [0.1, 0.15) is 11.2 Å². The number of hydrogen-bond donors (Lipinski definition) is 0. The van der Waals surface area contributed by atoms with Crippen molar-refractivity contribution in [2.45, 2.75) is 37.5 Å². The first-order valence-corrected chi connectivity index (χ1v) is 10.1. The van der Waals surface area contributed by atoms with Crippen LogP contribution in [-0.4, -0.2) is 45.4 Å². The molecule has 0 N–H and O–H groups in total. The summed E-state index contributed by atoms with van der Waals surface area (Å²) >= 11 is 0. The van der Waals surface area contributed by atoms with Gasteiger partial charge in [-0.2, -0.15) is 9.40 Å². The number of rotatable bonds is 3. The van der Waals surface area contributed by atoms with Gasteiger partial charge in [0.05, 0.1) is 0 Å². The van der Waals surface area contributed by atoms with E-state index in [4.69, 9.17) is 0 Å². The molecule has 0 spiro atoms. The first-order valence-electron chi connectivity index (χ1n) is 8.68. The van der Waals surface area contributed by atoms with Gasteiger partial charge in [0, 0.05) is 31.2 Å². The second-order valence-electron chi connectivity index (χ2n) is 6.79. The van der Waals surface area contributed by atoms with Crippen molar-refractivity contribution in [1.29, 1.82) is 0 Å². The summed E-state index contributed by atoms with van der Waals surface area (Å²) in [4.78, 5) is 8.59. The minimum atomic E-state index is -3.48. The maximum absolute atomic E-state index is 12.8. The zero-order valence-corrected chi connectivity index (χ0v) is 15.6. The van der Waals surface area contributed by atoms with Gasteiger partial charge in [0.2, 0.25) is 10.0 Å². The number of fused-ring (bicyclic) bond motifs is 1. The molecule has 4 rings (SSSR count). The topological polar surface area (TPSA) is 80.5 Å². The summed E-state index contributed by atoms with van der Waals surface area (Å²) in [6.45, 7) is 4.94. The molecule has 7 nitrogen and oxygen atoms in total. The molecule has 0 saturated carbocycles. The molecule has 1 saturated heterocycles. The number of aryl methyl sites for hydroxylation is 2. The summed E-state index contributed by atoms with van der Waals surface area (Å²) in [5.74, 6) is 0.325. The maximum Gasteiger partial charge on any atom is 0.244 e. The van der Waals surface area contributed by atoms with Gasteiger partial charge in [0.25, 0.3) is 0 Å². The molecule has 1 aliphatic heterocycles. The Kier molecular flexibility index (Phi) is 4.24. The van der Waals surface area contributed by atoms with Crippen molar-refractivity contribution in [3.8, 4) is 0 Å². The van der Waals surface area contributed by atoms with Gasteiger partial charge in [-0.3, -0.25) is 4.98 Å². The molecule has 8 heteroatoms. The molecule has 1 aliphatic rings. The SMILES string of the molecule is Cc1ccc(S(=O)(=O)N2CCC(c3cn4ncnc4cc3C)CC2)cn1. The van der Waals surface area contributed by atoms with E-state index in [1.165, 1.54) is 17.3 Å². The summed E-state index contributed by atoms with van der Waals surface area (Å²) in [6.07, 6.45) is 6.60. The summed E-state index contributed by atoms with van der Waals surface area (Å²) in [5.41, 5.74) is 4.03. The fourth-order valence-electron chi connectivity index (χ4n) is 3.56. The molecule has 0 atom stereocenters. The lowest BCUT2D eigenvalue weighted by atomic mass is 9.89. The van der Waals surface area contributed by atoms with Crippen LogP contribution >= 0.6 is 0 Å². The Bertz CT molecular complexity index is 1040. The second kappa shape index (κ2) is 6.44. The lowest BCUT2D eigenvalue weighted by Gasteiger charge is -2.32.